The Morgan fingerprint density at radius 2 is 1.89 bits per heavy atom. The van der Waals surface area contributed by atoms with Gasteiger partial charge in [-0.25, -0.2) is 8.42 Å². The Morgan fingerprint density at radius 3 is 2.32 bits per heavy atom. The second kappa shape index (κ2) is 4.53. The zero-order valence-electron chi connectivity index (χ0n) is 9.89. The van der Waals surface area contributed by atoms with Gasteiger partial charge in [0.2, 0.25) is 10.0 Å². The van der Waals surface area contributed by atoms with Crippen molar-refractivity contribution < 1.29 is 18.4 Å². The van der Waals surface area contributed by atoms with Gasteiger partial charge in [-0.2, -0.15) is 4.31 Å². The summed E-state index contributed by atoms with van der Waals surface area (Å²) in [6.45, 7) is -0.148. The second-order valence-electron chi connectivity index (χ2n) is 4.45. The lowest BCUT2D eigenvalue weighted by Gasteiger charge is -2.44. The van der Waals surface area contributed by atoms with Crippen molar-refractivity contribution in [1.29, 1.82) is 0 Å². The Bertz CT molecular complexity index is 592. The molecule has 0 saturated carbocycles. The van der Waals surface area contributed by atoms with Gasteiger partial charge in [-0.05, 0) is 12.1 Å². The van der Waals surface area contributed by atoms with Gasteiger partial charge >= 0.3 is 0 Å². The standard InChI is InChI=1S/C10H13N3O5S/c11-5-10(14)6-12(7-10)19(17,18)9-3-1-8(2-4-9)13(15)16/h1-4,14H,5-7,11H2. The summed E-state index contributed by atoms with van der Waals surface area (Å²) < 4.78 is 25.3. The molecular formula is C10H13N3O5S. The van der Waals surface area contributed by atoms with Crippen LogP contribution in [-0.4, -0.2) is 48.0 Å². The molecule has 0 aliphatic carbocycles. The number of nitrogens with two attached hydrogens (primary N) is 1. The molecule has 8 nitrogen and oxygen atoms in total. The smallest absolute Gasteiger partial charge is 0.269 e. The van der Waals surface area contributed by atoms with E-state index in [0.29, 0.717) is 0 Å². The summed E-state index contributed by atoms with van der Waals surface area (Å²) in [7, 11) is -3.73. The molecule has 2 rings (SSSR count). The largest absolute Gasteiger partial charge is 0.386 e. The summed E-state index contributed by atoms with van der Waals surface area (Å²) in [5, 5.41) is 20.2. The molecule has 1 aliphatic heterocycles. The first kappa shape index (κ1) is 13.9. The Hall–Kier alpha value is -1.55. The van der Waals surface area contributed by atoms with E-state index in [0.717, 1.165) is 16.4 Å². The molecule has 0 unspecified atom stereocenters. The fourth-order valence-electron chi connectivity index (χ4n) is 1.80. The van der Waals surface area contributed by atoms with Crippen LogP contribution in [-0.2, 0) is 10.0 Å². The van der Waals surface area contributed by atoms with E-state index in [1.807, 2.05) is 0 Å². The number of nitro benzene ring substituents is 1. The van der Waals surface area contributed by atoms with Crippen LogP contribution in [0.1, 0.15) is 0 Å². The van der Waals surface area contributed by atoms with Gasteiger partial charge in [-0.1, -0.05) is 0 Å². The molecule has 1 aliphatic rings. The molecule has 1 aromatic carbocycles. The van der Waals surface area contributed by atoms with Crippen LogP contribution < -0.4 is 5.73 Å². The fourth-order valence-corrected chi connectivity index (χ4v) is 3.40. The lowest BCUT2D eigenvalue weighted by atomic mass is 9.98. The molecule has 9 heteroatoms. The highest BCUT2D eigenvalue weighted by molar-refractivity contribution is 7.89. The normalized spacial score (nSPS) is 18.8. The van der Waals surface area contributed by atoms with Crippen LogP contribution >= 0.6 is 0 Å². The summed E-state index contributed by atoms with van der Waals surface area (Å²) in [6, 6.07) is 4.60. The number of sulfonamides is 1. The third-order valence-corrected chi connectivity index (χ3v) is 4.81. The molecule has 1 heterocycles. The second-order valence-corrected chi connectivity index (χ2v) is 6.39. The first-order valence-electron chi connectivity index (χ1n) is 5.46. The van der Waals surface area contributed by atoms with Crippen LogP contribution in [0.2, 0.25) is 0 Å². The predicted octanol–water partition coefficient (Wildman–Crippen LogP) is -0.711. The van der Waals surface area contributed by atoms with Gasteiger partial charge in [-0.15, -0.1) is 0 Å². The van der Waals surface area contributed by atoms with E-state index in [-0.39, 0.29) is 30.2 Å². The minimum absolute atomic E-state index is 0.0146. The van der Waals surface area contributed by atoms with Gasteiger partial charge < -0.3 is 10.8 Å². The number of rotatable bonds is 4. The van der Waals surface area contributed by atoms with Gasteiger partial charge in [0.15, 0.2) is 0 Å². The maximum Gasteiger partial charge on any atom is 0.269 e. The predicted molar refractivity (Wildman–Crippen MR) is 65.9 cm³/mol. The fraction of sp³-hybridized carbons (Fsp3) is 0.400. The van der Waals surface area contributed by atoms with Crippen LogP contribution in [0.5, 0.6) is 0 Å². The molecule has 3 N–H and O–H groups in total. The van der Waals surface area contributed by atoms with Gasteiger partial charge in [-0.3, -0.25) is 10.1 Å². The van der Waals surface area contributed by atoms with Crippen molar-refractivity contribution in [1.82, 2.24) is 4.31 Å². The maximum absolute atomic E-state index is 12.1. The van der Waals surface area contributed by atoms with Crippen molar-refractivity contribution in [3.63, 3.8) is 0 Å². The van der Waals surface area contributed by atoms with Crippen LogP contribution in [0.25, 0.3) is 0 Å². The molecule has 0 radical (unpaired) electrons. The number of β-amino-alcohol motifs (C(OH)–C–C–N with tert-alkyl or cyclic N) is 1. The summed E-state index contributed by atoms with van der Waals surface area (Å²) in [4.78, 5) is 9.84. The van der Waals surface area contributed by atoms with Crippen molar-refractivity contribution >= 4 is 15.7 Å². The molecule has 0 spiro atoms. The minimum atomic E-state index is -3.73. The van der Waals surface area contributed by atoms with Crippen molar-refractivity contribution in [2.24, 2.45) is 5.73 Å². The monoisotopic (exact) mass is 287 g/mol. The highest BCUT2D eigenvalue weighted by Gasteiger charge is 2.46. The zero-order chi connectivity index (χ0) is 14.3. The number of benzene rings is 1. The molecule has 1 saturated heterocycles. The number of hydrogen-bond donors (Lipinski definition) is 2. The molecule has 19 heavy (non-hydrogen) atoms. The van der Waals surface area contributed by atoms with E-state index in [1.54, 1.807) is 0 Å². The van der Waals surface area contributed by atoms with Gasteiger partial charge in [0.05, 0.1) is 9.82 Å². The van der Waals surface area contributed by atoms with Crippen LogP contribution in [0, 0.1) is 10.1 Å². The molecule has 0 atom stereocenters. The summed E-state index contributed by atoms with van der Waals surface area (Å²) in [5.41, 5.74) is 3.97. The zero-order valence-corrected chi connectivity index (χ0v) is 10.7. The Labute approximate surface area is 109 Å². The summed E-state index contributed by atoms with van der Waals surface area (Å²) in [5.74, 6) is 0. The number of aliphatic hydroxyl groups is 1. The van der Waals surface area contributed by atoms with E-state index < -0.39 is 20.5 Å². The van der Waals surface area contributed by atoms with E-state index in [2.05, 4.69) is 0 Å². The number of non-ortho nitro benzene ring substituents is 1. The third-order valence-electron chi connectivity index (χ3n) is 3.01. The van der Waals surface area contributed by atoms with Crippen LogP contribution in [0.3, 0.4) is 0 Å². The highest BCUT2D eigenvalue weighted by Crippen LogP contribution is 2.28. The molecule has 0 amide bonds. The topological polar surface area (TPSA) is 127 Å². The molecule has 1 fully saturated rings. The number of hydrogen-bond acceptors (Lipinski definition) is 6. The molecule has 0 aromatic heterocycles. The number of nitrogens with zero attached hydrogens (tertiary/aromatic N) is 2. The lowest BCUT2D eigenvalue weighted by Crippen LogP contribution is -2.66. The average molecular weight is 287 g/mol. The van der Waals surface area contributed by atoms with E-state index in [1.165, 1.54) is 12.1 Å². The van der Waals surface area contributed by atoms with Gasteiger partial charge in [0.25, 0.3) is 5.69 Å². The SMILES string of the molecule is NCC1(O)CN(S(=O)(=O)c2ccc([N+](=O)[O-])cc2)C1. The first-order valence-corrected chi connectivity index (χ1v) is 6.90. The van der Waals surface area contributed by atoms with E-state index in [4.69, 9.17) is 5.73 Å². The van der Waals surface area contributed by atoms with Crippen LogP contribution in [0.4, 0.5) is 5.69 Å². The van der Waals surface area contributed by atoms with E-state index in [9.17, 15) is 23.6 Å². The molecule has 0 bridgehead atoms. The average Bonchev–Trinajstić information content (AvgIpc) is 2.35. The maximum atomic E-state index is 12.1. The minimum Gasteiger partial charge on any atom is -0.386 e. The van der Waals surface area contributed by atoms with Crippen molar-refractivity contribution in [2.75, 3.05) is 19.6 Å². The third kappa shape index (κ3) is 2.45. The Morgan fingerprint density at radius 1 is 1.37 bits per heavy atom. The molecule has 1 aromatic rings. The van der Waals surface area contributed by atoms with Crippen molar-refractivity contribution in [3.8, 4) is 0 Å². The summed E-state index contributed by atoms with van der Waals surface area (Å²) >= 11 is 0. The van der Waals surface area contributed by atoms with Crippen LogP contribution in [0.15, 0.2) is 29.2 Å². The van der Waals surface area contributed by atoms with Crippen molar-refractivity contribution in [3.05, 3.63) is 34.4 Å². The molecular weight excluding hydrogens is 274 g/mol. The Balaban J connectivity index is 2.20. The van der Waals surface area contributed by atoms with Gasteiger partial charge in [0, 0.05) is 31.8 Å². The van der Waals surface area contributed by atoms with Crippen molar-refractivity contribution in [2.45, 2.75) is 10.5 Å². The Kier molecular flexibility index (Phi) is 3.31. The quantitative estimate of drug-likeness (QED) is 0.556. The number of nitro groups is 1. The molecule has 104 valence electrons. The lowest BCUT2D eigenvalue weighted by molar-refractivity contribution is -0.384. The van der Waals surface area contributed by atoms with Gasteiger partial charge in [0.1, 0.15) is 5.60 Å². The first-order chi connectivity index (χ1) is 8.78. The highest BCUT2D eigenvalue weighted by atomic mass is 32.2. The van der Waals surface area contributed by atoms with E-state index >= 15 is 0 Å². The summed E-state index contributed by atoms with van der Waals surface area (Å²) in [6.07, 6.45) is 0.